The molecule has 22 heavy (non-hydrogen) atoms. The van der Waals surface area contributed by atoms with Gasteiger partial charge in [-0.15, -0.1) is 22.7 Å². The lowest BCUT2D eigenvalue weighted by Crippen LogP contribution is -2.33. The van der Waals surface area contributed by atoms with Gasteiger partial charge in [-0.3, -0.25) is 9.69 Å². The zero-order chi connectivity index (χ0) is 15.1. The Balaban J connectivity index is 1.35. The number of aryl methyl sites for hydroxylation is 1. The third kappa shape index (κ3) is 2.71. The molecule has 116 valence electrons. The summed E-state index contributed by atoms with van der Waals surface area (Å²) in [6, 6.07) is 4.44. The van der Waals surface area contributed by atoms with Gasteiger partial charge in [0.25, 0.3) is 5.91 Å². The first-order chi connectivity index (χ1) is 10.7. The Morgan fingerprint density at radius 3 is 2.64 bits per heavy atom. The fraction of sp³-hybridized carbons (Fsp3) is 0.500. The van der Waals surface area contributed by atoms with E-state index in [9.17, 15) is 4.79 Å². The highest BCUT2D eigenvalue weighted by molar-refractivity contribution is 7.11. The zero-order valence-corrected chi connectivity index (χ0v) is 14.2. The van der Waals surface area contributed by atoms with Crippen molar-refractivity contribution in [1.82, 2.24) is 14.8 Å². The van der Waals surface area contributed by atoms with Crippen molar-refractivity contribution in [2.75, 3.05) is 26.2 Å². The number of amides is 1. The van der Waals surface area contributed by atoms with Crippen LogP contribution in [0.2, 0.25) is 0 Å². The molecule has 4 heterocycles. The number of rotatable bonds is 3. The van der Waals surface area contributed by atoms with Crippen LogP contribution in [0.5, 0.6) is 0 Å². The van der Waals surface area contributed by atoms with E-state index in [0.717, 1.165) is 32.7 Å². The van der Waals surface area contributed by atoms with Crippen molar-refractivity contribution in [1.29, 1.82) is 0 Å². The fourth-order valence-corrected chi connectivity index (χ4v) is 5.11. The van der Waals surface area contributed by atoms with Crippen LogP contribution in [0.15, 0.2) is 23.0 Å². The summed E-state index contributed by atoms with van der Waals surface area (Å²) in [5.41, 5.74) is 2.34. The molecule has 0 aromatic carbocycles. The number of hydrogen-bond donors (Lipinski definition) is 0. The molecular weight excluding hydrogens is 314 g/mol. The summed E-state index contributed by atoms with van der Waals surface area (Å²) >= 11 is 3.38. The number of carbonyl (C=O) groups is 1. The minimum atomic E-state index is 0.107. The maximum absolute atomic E-state index is 12.4. The molecule has 0 spiro atoms. The molecule has 4 rings (SSSR count). The lowest BCUT2D eigenvalue weighted by atomic mass is 10.0. The Morgan fingerprint density at radius 2 is 2.05 bits per heavy atom. The van der Waals surface area contributed by atoms with Crippen molar-refractivity contribution in [2.24, 2.45) is 11.8 Å². The number of likely N-dealkylation sites (tertiary alicyclic amines) is 2. The number of aromatic nitrogens is 1. The van der Waals surface area contributed by atoms with E-state index in [4.69, 9.17) is 0 Å². The quantitative estimate of drug-likeness (QED) is 0.866. The van der Waals surface area contributed by atoms with Crippen molar-refractivity contribution in [2.45, 2.75) is 13.5 Å². The van der Waals surface area contributed by atoms with E-state index in [0.29, 0.717) is 17.5 Å². The van der Waals surface area contributed by atoms with Crippen molar-refractivity contribution >= 4 is 28.6 Å². The molecule has 0 bridgehead atoms. The molecular formula is C16H19N3OS2. The maximum atomic E-state index is 12.4. The molecule has 2 aromatic heterocycles. The van der Waals surface area contributed by atoms with Gasteiger partial charge < -0.3 is 4.90 Å². The minimum absolute atomic E-state index is 0.107. The van der Waals surface area contributed by atoms with E-state index in [-0.39, 0.29) is 5.91 Å². The first-order valence-corrected chi connectivity index (χ1v) is 9.40. The number of fused-ring (bicyclic) bond motifs is 1. The maximum Gasteiger partial charge on any atom is 0.273 e. The topological polar surface area (TPSA) is 36.4 Å². The van der Waals surface area contributed by atoms with Gasteiger partial charge in [-0.2, -0.15) is 0 Å². The average Bonchev–Trinajstić information content (AvgIpc) is 3.21. The van der Waals surface area contributed by atoms with Crippen molar-refractivity contribution in [3.63, 3.8) is 0 Å². The summed E-state index contributed by atoms with van der Waals surface area (Å²) in [4.78, 5) is 23.9. The number of nitrogens with zero attached hydrogens (tertiary/aromatic N) is 3. The third-order valence-corrected chi connectivity index (χ3v) is 6.25. The van der Waals surface area contributed by atoms with Crippen LogP contribution in [0, 0.1) is 18.8 Å². The highest BCUT2D eigenvalue weighted by Gasteiger charge is 2.41. The summed E-state index contributed by atoms with van der Waals surface area (Å²) in [5.74, 6) is 1.36. The van der Waals surface area contributed by atoms with E-state index in [1.54, 1.807) is 5.51 Å². The zero-order valence-electron chi connectivity index (χ0n) is 12.6. The number of thiazole rings is 1. The Bertz CT molecular complexity index is 653. The fourth-order valence-electron chi connectivity index (χ4n) is 3.66. The van der Waals surface area contributed by atoms with Gasteiger partial charge >= 0.3 is 0 Å². The molecule has 2 atom stereocenters. The summed E-state index contributed by atoms with van der Waals surface area (Å²) in [7, 11) is 0. The van der Waals surface area contributed by atoms with Crippen molar-refractivity contribution in [3.8, 4) is 0 Å². The van der Waals surface area contributed by atoms with E-state index in [1.807, 2.05) is 21.6 Å². The van der Waals surface area contributed by atoms with E-state index >= 15 is 0 Å². The van der Waals surface area contributed by atoms with Crippen molar-refractivity contribution < 1.29 is 4.79 Å². The Morgan fingerprint density at radius 1 is 1.27 bits per heavy atom. The minimum Gasteiger partial charge on any atom is -0.337 e. The lowest BCUT2D eigenvalue weighted by molar-refractivity contribution is 0.0768. The molecule has 6 heteroatoms. The van der Waals surface area contributed by atoms with Gasteiger partial charge in [0.05, 0.1) is 5.51 Å². The Labute approximate surface area is 138 Å². The highest BCUT2D eigenvalue weighted by Crippen LogP contribution is 2.33. The van der Waals surface area contributed by atoms with Crippen molar-refractivity contribution in [3.05, 3.63) is 38.5 Å². The van der Waals surface area contributed by atoms with Gasteiger partial charge in [-0.25, -0.2) is 4.98 Å². The smallest absolute Gasteiger partial charge is 0.273 e. The van der Waals surface area contributed by atoms with Gasteiger partial charge in [-0.1, -0.05) is 0 Å². The number of carbonyl (C=O) groups excluding carboxylic acids is 1. The molecule has 2 aliphatic heterocycles. The van der Waals surface area contributed by atoms with Gasteiger partial charge in [-0.05, 0) is 30.9 Å². The van der Waals surface area contributed by atoms with Crippen LogP contribution in [0.25, 0.3) is 0 Å². The molecule has 4 nitrogen and oxygen atoms in total. The molecule has 0 aliphatic carbocycles. The van der Waals surface area contributed by atoms with Gasteiger partial charge in [0, 0.05) is 47.9 Å². The standard InChI is InChI=1S/C16H19N3OS2/c1-11-2-3-14(22-11)8-18-4-12-6-19(7-13(12)5-18)16(20)15-9-21-10-17-15/h2-3,9-10,12-13H,4-8H2,1H3/t12-,13-/m0/s1. The highest BCUT2D eigenvalue weighted by atomic mass is 32.1. The first kappa shape index (κ1) is 14.4. The molecule has 0 N–H and O–H groups in total. The normalized spacial score (nSPS) is 24.9. The molecule has 0 saturated carbocycles. The number of thiophene rings is 1. The molecule has 2 fully saturated rings. The van der Waals surface area contributed by atoms with Crippen LogP contribution in [0.1, 0.15) is 20.2 Å². The van der Waals surface area contributed by atoms with Crippen LogP contribution in [-0.4, -0.2) is 46.9 Å². The molecule has 0 unspecified atom stereocenters. The van der Waals surface area contributed by atoms with Gasteiger partial charge in [0.2, 0.25) is 0 Å². The average molecular weight is 333 g/mol. The summed E-state index contributed by atoms with van der Waals surface area (Å²) in [6.45, 7) is 7.23. The third-order valence-electron chi connectivity index (χ3n) is 4.68. The monoisotopic (exact) mass is 333 g/mol. The second-order valence-corrected chi connectivity index (χ2v) is 8.40. The van der Waals surface area contributed by atoms with Crippen LogP contribution in [0.3, 0.4) is 0 Å². The summed E-state index contributed by atoms with van der Waals surface area (Å²) in [6.07, 6.45) is 0. The van der Waals surface area contributed by atoms with E-state index < -0.39 is 0 Å². The van der Waals surface area contributed by atoms with Gasteiger partial charge in [0.1, 0.15) is 5.69 Å². The lowest BCUT2D eigenvalue weighted by Gasteiger charge is -2.20. The first-order valence-electron chi connectivity index (χ1n) is 7.64. The van der Waals surface area contributed by atoms with Crippen LogP contribution in [0.4, 0.5) is 0 Å². The molecule has 2 aliphatic rings. The molecule has 2 aromatic rings. The molecule has 0 radical (unpaired) electrons. The molecule has 1 amide bonds. The van der Waals surface area contributed by atoms with Crippen LogP contribution in [-0.2, 0) is 6.54 Å². The summed E-state index contributed by atoms with van der Waals surface area (Å²) in [5, 5.41) is 1.85. The van der Waals surface area contributed by atoms with Crippen LogP contribution < -0.4 is 0 Å². The number of hydrogen-bond acceptors (Lipinski definition) is 5. The second-order valence-electron chi connectivity index (χ2n) is 6.31. The summed E-state index contributed by atoms with van der Waals surface area (Å²) < 4.78 is 0. The van der Waals surface area contributed by atoms with Crippen LogP contribution >= 0.6 is 22.7 Å². The molecule has 2 saturated heterocycles. The predicted octanol–water partition coefficient (Wildman–Crippen LogP) is 2.72. The van der Waals surface area contributed by atoms with Gasteiger partial charge in [0.15, 0.2) is 0 Å². The second kappa shape index (κ2) is 5.76. The Hall–Kier alpha value is -1.24. The largest absolute Gasteiger partial charge is 0.337 e. The Kier molecular flexibility index (Phi) is 3.76. The predicted molar refractivity (Wildman–Crippen MR) is 89.3 cm³/mol. The van der Waals surface area contributed by atoms with E-state index in [1.165, 1.54) is 21.1 Å². The van der Waals surface area contributed by atoms with E-state index in [2.05, 4.69) is 28.9 Å². The SMILES string of the molecule is Cc1ccc(CN2C[C@H]3CN(C(=O)c4cscn4)C[C@@H]3C2)s1.